The highest BCUT2D eigenvalue weighted by Gasteiger charge is 2.29. The molecule has 2 aromatic heterocycles. The summed E-state index contributed by atoms with van der Waals surface area (Å²) in [4.78, 5) is 12.6. The van der Waals surface area contributed by atoms with Gasteiger partial charge in [-0.25, -0.2) is 9.97 Å². The first-order chi connectivity index (χ1) is 8.33. The Balaban J connectivity index is 1.71. The molecule has 0 spiro atoms. The number of aliphatic hydroxyl groups is 1. The van der Waals surface area contributed by atoms with Gasteiger partial charge >= 0.3 is 0 Å². The maximum Gasteiger partial charge on any atom is 0.180 e. The molecule has 0 aromatic carbocycles. The van der Waals surface area contributed by atoms with Gasteiger partial charge in [0.05, 0.1) is 6.10 Å². The van der Waals surface area contributed by atoms with Gasteiger partial charge in [-0.1, -0.05) is 0 Å². The summed E-state index contributed by atoms with van der Waals surface area (Å²) in [6, 6.07) is 3.73. The smallest absolute Gasteiger partial charge is 0.180 e. The molecule has 2 N–H and O–H groups in total. The fourth-order valence-corrected chi connectivity index (χ4v) is 1.81. The van der Waals surface area contributed by atoms with Gasteiger partial charge in [-0.3, -0.25) is 4.98 Å². The van der Waals surface area contributed by atoms with Gasteiger partial charge in [0.15, 0.2) is 5.65 Å². The topological polar surface area (TPSA) is 70.9 Å². The van der Waals surface area contributed by atoms with Crippen LogP contribution in [-0.2, 0) is 0 Å². The van der Waals surface area contributed by atoms with Gasteiger partial charge in [0.2, 0.25) is 0 Å². The van der Waals surface area contributed by atoms with Crippen LogP contribution >= 0.6 is 0 Å². The van der Waals surface area contributed by atoms with Crippen LogP contribution in [0.4, 0.5) is 5.82 Å². The Bertz CT molecular complexity index is 527. The molecule has 1 aliphatic rings. The number of aliphatic hydroxyl groups excluding tert-OH is 1. The lowest BCUT2D eigenvalue weighted by Gasteiger charge is -2.11. The van der Waals surface area contributed by atoms with Crippen LogP contribution in [0.15, 0.2) is 24.5 Å². The van der Waals surface area contributed by atoms with Crippen molar-refractivity contribution < 1.29 is 5.11 Å². The van der Waals surface area contributed by atoms with E-state index in [-0.39, 0.29) is 6.10 Å². The van der Waals surface area contributed by atoms with Gasteiger partial charge in [0, 0.05) is 18.9 Å². The SMILES string of the molecule is OC(CNc1ccc2nccnc2n1)C1CC1. The van der Waals surface area contributed by atoms with Gasteiger partial charge in [0.1, 0.15) is 11.3 Å². The molecule has 0 amide bonds. The third kappa shape index (κ3) is 2.34. The van der Waals surface area contributed by atoms with E-state index in [4.69, 9.17) is 0 Å². The second kappa shape index (κ2) is 4.25. The van der Waals surface area contributed by atoms with Crippen LogP contribution in [0, 0.1) is 5.92 Å². The third-order valence-electron chi connectivity index (χ3n) is 2.99. The number of nitrogens with one attached hydrogen (secondary N) is 1. The molecule has 0 bridgehead atoms. The lowest BCUT2D eigenvalue weighted by atomic mass is 10.2. The van der Waals surface area contributed by atoms with Gasteiger partial charge in [-0.15, -0.1) is 0 Å². The van der Waals surface area contributed by atoms with Crippen LogP contribution in [-0.4, -0.2) is 32.7 Å². The second-order valence-corrected chi connectivity index (χ2v) is 4.38. The summed E-state index contributed by atoms with van der Waals surface area (Å²) in [6.07, 6.45) is 5.28. The number of nitrogens with zero attached hydrogens (tertiary/aromatic N) is 3. The largest absolute Gasteiger partial charge is 0.391 e. The fraction of sp³-hybridized carbons (Fsp3) is 0.417. The zero-order valence-electron chi connectivity index (χ0n) is 9.37. The summed E-state index contributed by atoms with van der Waals surface area (Å²) in [5.41, 5.74) is 1.40. The highest BCUT2D eigenvalue weighted by Crippen LogP contribution is 2.32. The molecule has 0 saturated heterocycles. The zero-order chi connectivity index (χ0) is 11.7. The summed E-state index contributed by atoms with van der Waals surface area (Å²) < 4.78 is 0. The van der Waals surface area contributed by atoms with E-state index in [0.29, 0.717) is 18.1 Å². The predicted octanol–water partition coefficient (Wildman–Crippen LogP) is 1.21. The maximum atomic E-state index is 9.75. The molecular formula is C12H14N4O. The molecule has 1 atom stereocenters. The van der Waals surface area contributed by atoms with Crippen molar-refractivity contribution in [2.45, 2.75) is 18.9 Å². The standard InChI is InChI=1S/C12H14N4O/c17-10(8-1-2-8)7-15-11-4-3-9-12(16-11)14-6-5-13-9/h3-6,8,10,17H,1-2,7H2,(H,14,15,16). The predicted molar refractivity (Wildman–Crippen MR) is 64.6 cm³/mol. The van der Waals surface area contributed by atoms with Gasteiger partial charge in [0.25, 0.3) is 0 Å². The Kier molecular flexibility index (Phi) is 2.60. The van der Waals surface area contributed by atoms with E-state index in [9.17, 15) is 5.11 Å². The molecule has 17 heavy (non-hydrogen) atoms. The summed E-state index contributed by atoms with van der Waals surface area (Å²) in [5, 5.41) is 12.9. The molecule has 88 valence electrons. The van der Waals surface area contributed by atoms with Gasteiger partial charge in [-0.05, 0) is 30.9 Å². The number of pyridine rings is 1. The van der Waals surface area contributed by atoms with Crippen molar-refractivity contribution in [2.75, 3.05) is 11.9 Å². The van der Waals surface area contributed by atoms with Crippen molar-refractivity contribution >= 4 is 17.0 Å². The number of hydrogen-bond donors (Lipinski definition) is 2. The molecule has 1 unspecified atom stereocenters. The van der Waals surface area contributed by atoms with E-state index in [2.05, 4.69) is 20.3 Å². The van der Waals surface area contributed by atoms with Gasteiger partial charge < -0.3 is 10.4 Å². The molecule has 2 heterocycles. The molecule has 0 radical (unpaired) electrons. The molecule has 1 fully saturated rings. The first-order valence-corrected chi connectivity index (χ1v) is 5.82. The summed E-state index contributed by atoms with van der Waals surface area (Å²) in [6.45, 7) is 0.545. The minimum Gasteiger partial charge on any atom is -0.391 e. The number of rotatable bonds is 4. The Morgan fingerprint density at radius 1 is 1.29 bits per heavy atom. The third-order valence-corrected chi connectivity index (χ3v) is 2.99. The van der Waals surface area contributed by atoms with Crippen molar-refractivity contribution in [1.82, 2.24) is 15.0 Å². The monoisotopic (exact) mass is 230 g/mol. The molecule has 0 aliphatic heterocycles. The molecule has 1 saturated carbocycles. The Morgan fingerprint density at radius 2 is 2.12 bits per heavy atom. The van der Waals surface area contributed by atoms with Gasteiger partial charge in [-0.2, -0.15) is 0 Å². The minimum atomic E-state index is -0.269. The molecule has 2 aromatic rings. The summed E-state index contributed by atoms with van der Waals surface area (Å²) >= 11 is 0. The average Bonchev–Trinajstić information content (AvgIpc) is 3.20. The Hall–Kier alpha value is -1.75. The van der Waals surface area contributed by atoms with Crippen molar-refractivity contribution in [3.05, 3.63) is 24.5 Å². The quantitative estimate of drug-likeness (QED) is 0.826. The van der Waals surface area contributed by atoms with E-state index < -0.39 is 0 Å². The molecular weight excluding hydrogens is 216 g/mol. The van der Waals surface area contributed by atoms with E-state index in [1.165, 1.54) is 0 Å². The van der Waals surface area contributed by atoms with E-state index >= 15 is 0 Å². The number of hydrogen-bond acceptors (Lipinski definition) is 5. The van der Waals surface area contributed by atoms with Crippen molar-refractivity contribution in [1.29, 1.82) is 0 Å². The first-order valence-electron chi connectivity index (χ1n) is 5.82. The first kappa shape index (κ1) is 10.4. The summed E-state index contributed by atoms with van der Waals surface area (Å²) in [7, 11) is 0. The Labute approximate surface area is 98.9 Å². The van der Waals surface area contributed by atoms with Crippen LogP contribution in [0.5, 0.6) is 0 Å². The van der Waals surface area contributed by atoms with Crippen molar-refractivity contribution in [3.8, 4) is 0 Å². The van der Waals surface area contributed by atoms with Crippen molar-refractivity contribution in [2.24, 2.45) is 5.92 Å². The van der Waals surface area contributed by atoms with E-state index in [0.717, 1.165) is 24.2 Å². The second-order valence-electron chi connectivity index (χ2n) is 4.38. The zero-order valence-corrected chi connectivity index (χ0v) is 9.37. The summed E-state index contributed by atoms with van der Waals surface area (Å²) in [5.74, 6) is 1.21. The number of anilines is 1. The maximum absolute atomic E-state index is 9.75. The van der Waals surface area contributed by atoms with E-state index in [1.807, 2.05) is 12.1 Å². The van der Waals surface area contributed by atoms with Crippen LogP contribution in [0.2, 0.25) is 0 Å². The number of aromatic nitrogens is 3. The normalized spacial score (nSPS) is 17.0. The van der Waals surface area contributed by atoms with E-state index in [1.54, 1.807) is 12.4 Å². The van der Waals surface area contributed by atoms with Crippen molar-refractivity contribution in [3.63, 3.8) is 0 Å². The average molecular weight is 230 g/mol. The highest BCUT2D eigenvalue weighted by molar-refractivity contribution is 5.71. The lowest BCUT2D eigenvalue weighted by molar-refractivity contribution is 0.164. The molecule has 5 nitrogen and oxygen atoms in total. The Morgan fingerprint density at radius 3 is 2.94 bits per heavy atom. The lowest BCUT2D eigenvalue weighted by Crippen LogP contribution is -2.21. The molecule has 5 heteroatoms. The highest BCUT2D eigenvalue weighted by atomic mass is 16.3. The molecule has 3 rings (SSSR count). The fourth-order valence-electron chi connectivity index (χ4n) is 1.81. The van der Waals surface area contributed by atoms with Crippen LogP contribution in [0.3, 0.4) is 0 Å². The van der Waals surface area contributed by atoms with Crippen LogP contribution in [0.1, 0.15) is 12.8 Å². The minimum absolute atomic E-state index is 0.269. The van der Waals surface area contributed by atoms with Crippen LogP contribution < -0.4 is 5.32 Å². The molecule has 1 aliphatic carbocycles. The number of fused-ring (bicyclic) bond motifs is 1. The van der Waals surface area contributed by atoms with Crippen LogP contribution in [0.25, 0.3) is 11.2 Å².